The molecule has 0 spiro atoms. The highest BCUT2D eigenvalue weighted by atomic mass is 32.2. The SMILES string of the molecule is CCC(NC1CCSCC1)c1nccs1. The van der Waals surface area contributed by atoms with Gasteiger partial charge in [0, 0.05) is 17.6 Å². The maximum absolute atomic E-state index is 4.40. The molecule has 1 aromatic rings. The molecule has 0 saturated carbocycles. The number of thioether (sulfide) groups is 1. The molecule has 84 valence electrons. The third-order valence-corrected chi connectivity index (χ3v) is 4.75. The first-order valence-corrected chi connectivity index (χ1v) is 7.66. The molecule has 1 N–H and O–H groups in total. The van der Waals surface area contributed by atoms with Crippen molar-refractivity contribution in [1.82, 2.24) is 10.3 Å². The van der Waals surface area contributed by atoms with Crippen LogP contribution in [0.15, 0.2) is 11.6 Å². The van der Waals surface area contributed by atoms with Gasteiger partial charge in [-0.2, -0.15) is 11.8 Å². The second kappa shape index (κ2) is 5.87. The van der Waals surface area contributed by atoms with E-state index >= 15 is 0 Å². The Labute approximate surface area is 99.9 Å². The quantitative estimate of drug-likeness (QED) is 0.878. The van der Waals surface area contributed by atoms with Crippen molar-refractivity contribution in [1.29, 1.82) is 0 Å². The van der Waals surface area contributed by atoms with Crippen molar-refractivity contribution in [3.63, 3.8) is 0 Å². The molecule has 1 unspecified atom stereocenters. The summed E-state index contributed by atoms with van der Waals surface area (Å²) in [5.74, 6) is 2.62. The zero-order valence-electron chi connectivity index (χ0n) is 9.11. The Balaban J connectivity index is 1.90. The predicted octanol–water partition coefficient (Wildman–Crippen LogP) is 3.08. The van der Waals surface area contributed by atoms with Crippen LogP contribution in [0.2, 0.25) is 0 Å². The van der Waals surface area contributed by atoms with Gasteiger partial charge in [0.15, 0.2) is 0 Å². The molecule has 2 nitrogen and oxygen atoms in total. The van der Waals surface area contributed by atoms with E-state index in [0.29, 0.717) is 12.1 Å². The van der Waals surface area contributed by atoms with E-state index < -0.39 is 0 Å². The first-order chi connectivity index (χ1) is 7.40. The van der Waals surface area contributed by atoms with E-state index in [9.17, 15) is 0 Å². The third-order valence-electron chi connectivity index (χ3n) is 2.82. The fourth-order valence-corrected chi connectivity index (χ4v) is 3.81. The Morgan fingerprint density at radius 2 is 2.33 bits per heavy atom. The van der Waals surface area contributed by atoms with Crippen LogP contribution in [0.4, 0.5) is 0 Å². The van der Waals surface area contributed by atoms with Gasteiger partial charge in [-0.1, -0.05) is 6.92 Å². The summed E-state index contributed by atoms with van der Waals surface area (Å²) in [6, 6.07) is 1.18. The van der Waals surface area contributed by atoms with Crippen molar-refractivity contribution >= 4 is 23.1 Å². The van der Waals surface area contributed by atoms with E-state index in [-0.39, 0.29) is 0 Å². The van der Waals surface area contributed by atoms with Gasteiger partial charge in [0.1, 0.15) is 5.01 Å². The molecule has 1 atom stereocenters. The minimum atomic E-state index is 0.470. The van der Waals surface area contributed by atoms with Crippen molar-refractivity contribution in [3.8, 4) is 0 Å². The predicted molar refractivity (Wildman–Crippen MR) is 68.6 cm³/mol. The van der Waals surface area contributed by atoms with Crippen LogP contribution in [-0.4, -0.2) is 22.5 Å². The molecule has 1 fully saturated rings. The molecule has 1 aliphatic heterocycles. The summed E-state index contributed by atoms with van der Waals surface area (Å²) in [5.41, 5.74) is 0. The number of nitrogens with zero attached hydrogens (tertiary/aromatic N) is 1. The van der Waals surface area contributed by atoms with Crippen LogP contribution < -0.4 is 5.32 Å². The van der Waals surface area contributed by atoms with Crippen LogP contribution in [0, 0.1) is 0 Å². The zero-order chi connectivity index (χ0) is 10.5. The second-order valence-electron chi connectivity index (χ2n) is 3.88. The van der Waals surface area contributed by atoms with Crippen molar-refractivity contribution in [2.75, 3.05) is 11.5 Å². The minimum absolute atomic E-state index is 0.470. The van der Waals surface area contributed by atoms with Gasteiger partial charge in [0.2, 0.25) is 0 Å². The summed E-state index contributed by atoms with van der Waals surface area (Å²) < 4.78 is 0. The maximum Gasteiger partial charge on any atom is 0.109 e. The smallest absolute Gasteiger partial charge is 0.109 e. The Morgan fingerprint density at radius 1 is 1.53 bits per heavy atom. The molecule has 2 heterocycles. The number of nitrogens with one attached hydrogen (secondary N) is 1. The molecule has 1 saturated heterocycles. The van der Waals surface area contributed by atoms with Crippen LogP contribution in [0.5, 0.6) is 0 Å². The fourth-order valence-electron chi connectivity index (χ4n) is 1.92. The highest BCUT2D eigenvalue weighted by molar-refractivity contribution is 7.99. The molecular formula is C11H18N2S2. The first-order valence-electron chi connectivity index (χ1n) is 5.63. The van der Waals surface area contributed by atoms with E-state index in [4.69, 9.17) is 0 Å². The Hall–Kier alpha value is -0.0600. The second-order valence-corrected chi connectivity index (χ2v) is 6.04. The molecular weight excluding hydrogens is 224 g/mol. The average molecular weight is 242 g/mol. The van der Waals surface area contributed by atoms with E-state index in [2.05, 4.69) is 34.4 Å². The van der Waals surface area contributed by atoms with Gasteiger partial charge < -0.3 is 5.32 Å². The summed E-state index contributed by atoms with van der Waals surface area (Å²) in [6.07, 6.45) is 5.66. The van der Waals surface area contributed by atoms with Gasteiger partial charge in [0.25, 0.3) is 0 Å². The topological polar surface area (TPSA) is 24.9 Å². The number of thiazole rings is 1. The maximum atomic E-state index is 4.40. The highest BCUT2D eigenvalue weighted by Gasteiger charge is 2.19. The molecule has 0 amide bonds. The Morgan fingerprint density at radius 3 is 2.93 bits per heavy atom. The monoisotopic (exact) mass is 242 g/mol. The molecule has 0 radical (unpaired) electrons. The summed E-state index contributed by atoms with van der Waals surface area (Å²) in [5, 5.41) is 7.05. The largest absolute Gasteiger partial charge is 0.305 e. The van der Waals surface area contributed by atoms with Crippen LogP contribution in [0.25, 0.3) is 0 Å². The van der Waals surface area contributed by atoms with E-state index in [1.165, 1.54) is 29.4 Å². The van der Waals surface area contributed by atoms with Gasteiger partial charge in [-0.25, -0.2) is 4.98 Å². The fraction of sp³-hybridized carbons (Fsp3) is 0.727. The highest BCUT2D eigenvalue weighted by Crippen LogP contribution is 2.23. The first kappa shape index (κ1) is 11.4. The average Bonchev–Trinajstić information content (AvgIpc) is 2.81. The molecule has 4 heteroatoms. The molecule has 2 rings (SSSR count). The molecule has 1 aliphatic rings. The van der Waals surface area contributed by atoms with Gasteiger partial charge in [-0.3, -0.25) is 0 Å². The van der Waals surface area contributed by atoms with E-state index in [1.807, 2.05) is 6.20 Å². The summed E-state index contributed by atoms with van der Waals surface area (Å²) in [6.45, 7) is 2.23. The normalized spacial score (nSPS) is 20.3. The standard InChI is InChI=1S/C11H18N2S2/c1-2-10(11-12-5-8-15-11)13-9-3-6-14-7-4-9/h5,8-10,13H,2-4,6-7H2,1H3. The number of hydrogen-bond donors (Lipinski definition) is 1. The van der Waals surface area contributed by atoms with Crippen LogP contribution in [-0.2, 0) is 0 Å². The summed E-state index contributed by atoms with van der Waals surface area (Å²) in [4.78, 5) is 4.40. The summed E-state index contributed by atoms with van der Waals surface area (Å²) in [7, 11) is 0. The van der Waals surface area contributed by atoms with Gasteiger partial charge in [-0.05, 0) is 30.8 Å². The van der Waals surface area contributed by atoms with E-state index in [0.717, 1.165) is 6.42 Å². The van der Waals surface area contributed by atoms with Gasteiger partial charge >= 0.3 is 0 Å². The molecule has 0 bridgehead atoms. The van der Waals surface area contributed by atoms with Crippen molar-refractivity contribution in [2.24, 2.45) is 0 Å². The zero-order valence-corrected chi connectivity index (χ0v) is 10.7. The lowest BCUT2D eigenvalue weighted by Gasteiger charge is -2.26. The van der Waals surface area contributed by atoms with Crippen molar-refractivity contribution in [3.05, 3.63) is 16.6 Å². The molecule has 0 aliphatic carbocycles. The Kier molecular flexibility index (Phi) is 4.47. The van der Waals surface area contributed by atoms with Crippen molar-refractivity contribution in [2.45, 2.75) is 38.3 Å². The molecule has 0 aromatic carbocycles. The summed E-state index contributed by atoms with van der Waals surface area (Å²) >= 11 is 3.84. The van der Waals surface area contributed by atoms with Crippen LogP contribution in [0.3, 0.4) is 0 Å². The molecule has 1 aromatic heterocycles. The number of aromatic nitrogens is 1. The molecule has 15 heavy (non-hydrogen) atoms. The minimum Gasteiger partial charge on any atom is -0.305 e. The third kappa shape index (κ3) is 3.20. The number of rotatable bonds is 4. The van der Waals surface area contributed by atoms with E-state index in [1.54, 1.807) is 11.3 Å². The van der Waals surface area contributed by atoms with Gasteiger partial charge in [0.05, 0.1) is 6.04 Å². The van der Waals surface area contributed by atoms with Gasteiger partial charge in [-0.15, -0.1) is 11.3 Å². The lowest BCUT2D eigenvalue weighted by molar-refractivity contribution is 0.405. The van der Waals surface area contributed by atoms with Crippen LogP contribution >= 0.6 is 23.1 Å². The lowest BCUT2D eigenvalue weighted by atomic mass is 10.1. The number of hydrogen-bond acceptors (Lipinski definition) is 4. The van der Waals surface area contributed by atoms with Crippen LogP contribution in [0.1, 0.15) is 37.2 Å². The van der Waals surface area contributed by atoms with Crippen molar-refractivity contribution < 1.29 is 0 Å². The lowest BCUT2D eigenvalue weighted by Crippen LogP contribution is -2.35. The Bertz CT molecular complexity index is 268.